The molecule has 0 saturated carbocycles. The van der Waals surface area contributed by atoms with Gasteiger partial charge in [-0.1, -0.05) is 31.2 Å². The van der Waals surface area contributed by atoms with Gasteiger partial charge in [0.25, 0.3) is 6.43 Å². The molecule has 1 unspecified atom stereocenters. The molecule has 0 fully saturated rings. The Labute approximate surface area is 121 Å². The van der Waals surface area contributed by atoms with Gasteiger partial charge in [0.15, 0.2) is 0 Å². The van der Waals surface area contributed by atoms with Crippen LogP contribution in [0.25, 0.3) is 0 Å². The number of hydrogen-bond donors (Lipinski definition) is 1. The highest BCUT2D eigenvalue weighted by Gasteiger charge is 2.10. The molecule has 20 heavy (non-hydrogen) atoms. The van der Waals surface area contributed by atoms with Crippen LogP contribution in [0.2, 0.25) is 0 Å². The number of halogens is 2. The van der Waals surface area contributed by atoms with E-state index in [1.807, 2.05) is 6.20 Å². The molecule has 1 N–H and O–H groups in total. The maximum atomic E-state index is 12.4. The Balaban J connectivity index is 1.91. The number of nitrogens with zero attached hydrogens (tertiary/aromatic N) is 1. The molecule has 0 spiro atoms. The average molecular weight is 296 g/mol. The van der Waals surface area contributed by atoms with E-state index in [4.69, 9.17) is 0 Å². The third-order valence-electron chi connectivity index (χ3n) is 3.13. The van der Waals surface area contributed by atoms with Gasteiger partial charge in [0, 0.05) is 23.2 Å². The molecule has 2 nitrogen and oxygen atoms in total. The molecule has 0 amide bonds. The molecule has 1 aromatic heterocycles. The van der Waals surface area contributed by atoms with Gasteiger partial charge >= 0.3 is 0 Å². The lowest BCUT2D eigenvalue weighted by Gasteiger charge is -2.11. The fraction of sp³-hybridized carbons (Fsp3) is 0.400. The molecule has 2 rings (SSSR count). The van der Waals surface area contributed by atoms with E-state index in [0.717, 1.165) is 17.0 Å². The van der Waals surface area contributed by atoms with Gasteiger partial charge < -0.3 is 5.32 Å². The summed E-state index contributed by atoms with van der Waals surface area (Å²) in [7, 11) is 0. The smallest absolute Gasteiger partial charge is 0.263 e. The number of aryl methyl sites for hydroxylation is 1. The SMILES string of the molecule is CCc1cnc(C(C)NCc2ccc(C(F)F)cc2)s1. The van der Waals surface area contributed by atoms with Crippen LogP contribution in [-0.4, -0.2) is 4.98 Å². The van der Waals surface area contributed by atoms with Gasteiger partial charge in [-0.3, -0.25) is 0 Å². The number of benzene rings is 1. The van der Waals surface area contributed by atoms with E-state index < -0.39 is 6.43 Å². The Morgan fingerprint density at radius 3 is 2.50 bits per heavy atom. The summed E-state index contributed by atoms with van der Waals surface area (Å²) < 4.78 is 24.9. The van der Waals surface area contributed by atoms with Crippen molar-refractivity contribution in [2.75, 3.05) is 0 Å². The molecule has 0 aliphatic carbocycles. The van der Waals surface area contributed by atoms with Gasteiger partial charge in [-0.15, -0.1) is 11.3 Å². The summed E-state index contributed by atoms with van der Waals surface area (Å²) in [6.07, 6.45) is 0.508. The zero-order valence-corrected chi connectivity index (χ0v) is 12.4. The number of hydrogen-bond acceptors (Lipinski definition) is 3. The molecule has 1 heterocycles. The summed E-state index contributed by atoms with van der Waals surface area (Å²) in [4.78, 5) is 5.67. The van der Waals surface area contributed by atoms with E-state index in [1.54, 1.807) is 23.5 Å². The molecular weight excluding hydrogens is 278 g/mol. The monoisotopic (exact) mass is 296 g/mol. The van der Waals surface area contributed by atoms with Gasteiger partial charge in [-0.2, -0.15) is 0 Å². The average Bonchev–Trinajstić information content (AvgIpc) is 2.94. The summed E-state index contributed by atoms with van der Waals surface area (Å²) >= 11 is 1.71. The molecule has 0 radical (unpaired) electrons. The Bertz CT molecular complexity index is 537. The highest BCUT2D eigenvalue weighted by molar-refractivity contribution is 7.11. The first-order valence-corrected chi connectivity index (χ1v) is 7.46. The van der Waals surface area contributed by atoms with Crippen LogP contribution in [-0.2, 0) is 13.0 Å². The normalized spacial score (nSPS) is 12.8. The van der Waals surface area contributed by atoms with Crippen LogP contribution in [0.4, 0.5) is 8.78 Å². The predicted molar refractivity (Wildman–Crippen MR) is 78.1 cm³/mol. The molecule has 0 aliphatic heterocycles. The van der Waals surface area contributed by atoms with Crippen molar-refractivity contribution in [3.63, 3.8) is 0 Å². The second kappa shape index (κ2) is 6.90. The maximum Gasteiger partial charge on any atom is 0.263 e. The zero-order chi connectivity index (χ0) is 14.5. The first-order chi connectivity index (χ1) is 9.60. The van der Waals surface area contributed by atoms with Crippen molar-refractivity contribution in [1.29, 1.82) is 0 Å². The quantitative estimate of drug-likeness (QED) is 0.849. The van der Waals surface area contributed by atoms with Crippen molar-refractivity contribution in [3.05, 3.63) is 51.5 Å². The van der Waals surface area contributed by atoms with E-state index in [9.17, 15) is 8.78 Å². The highest BCUT2D eigenvalue weighted by atomic mass is 32.1. The van der Waals surface area contributed by atoms with Crippen molar-refractivity contribution < 1.29 is 8.78 Å². The molecule has 1 aromatic carbocycles. The minimum atomic E-state index is -2.40. The van der Waals surface area contributed by atoms with E-state index in [2.05, 4.69) is 24.1 Å². The molecular formula is C15H18F2N2S. The van der Waals surface area contributed by atoms with E-state index >= 15 is 0 Å². The fourth-order valence-corrected chi connectivity index (χ4v) is 2.71. The van der Waals surface area contributed by atoms with Crippen LogP contribution in [0, 0.1) is 0 Å². The fourth-order valence-electron chi connectivity index (χ4n) is 1.83. The van der Waals surface area contributed by atoms with E-state index in [0.29, 0.717) is 6.54 Å². The van der Waals surface area contributed by atoms with Crippen molar-refractivity contribution in [2.24, 2.45) is 0 Å². The summed E-state index contributed by atoms with van der Waals surface area (Å²) in [6, 6.07) is 6.59. The molecule has 2 aromatic rings. The van der Waals surface area contributed by atoms with E-state index in [1.165, 1.54) is 17.0 Å². The van der Waals surface area contributed by atoms with Crippen LogP contribution >= 0.6 is 11.3 Å². The summed E-state index contributed by atoms with van der Waals surface area (Å²) in [5.41, 5.74) is 1.06. The highest BCUT2D eigenvalue weighted by Crippen LogP contribution is 2.21. The lowest BCUT2D eigenvalue weighted by Crippen LogP contribution is -2.17. The Kier molecular flexibility index (Phi) is 5.20. The Morgan fingerprint density at radius 2 is 1.95 bits per heavy atom. The van der Waals surface area contributed by atoms with Gasteiger partial charge in [-0.25, -0.2) is 13.8 Å². The largest absolute Gasteiger partial charge is 0.304 e. The third-order valence-corrected chi connectivity index (χ3v) is 4.46. The molecule has 108 valence electrons. The van der Waals surface area contributed by atoms with Gasteiger partial charge in [0.05, 0.1) is 6.04 Å². The first-order valence-electron chi connectivity index (χ1n) is 6.65. The Hall–Kier alpha value is -1.33. The number of alkyl halides is 2. The zero-order valence-electron chi connectivity index (χ0n) is 11.6. The third kappa shape index (κ3) is 3.84. The number of aromatic nitrogens is 1. The van der Waals surface area contributed by atoms with Crippen LogP contribution in [0.5, 0.6) is 0 Å². The van der Waals surface area contributed by atoms with Gasteiger partial charge in [-0.05, 0) is 18.9 Å². The molecule has 1 atom stereocenters. The van der Waals surface area contributed by atoms with Crippen LogP contribution in [0.15, 0.2) is 30.5 Å². The summed E-state index contributed by atoms with van der Waals surface area (Å²) in [5.74, 6) is 0. The van der Waals surface area contributed by atoms with Crippen molar-refractivity contribution in [1.82, 2.24) is 10.3 Å². The van der Waals surface area contributed by atoms with Crippen LogP contribution in [0.3, 0.4) is 0 Å². The van der Waals surface area contributed by atoms with Gasteiger partial charge in [0.2, 0.25) is 0 Å². The van der Waals surface area contributed by atoms with Gasteiger partial charge in [0.1, 0.15) is 5.01 Å². The second-order valence-corrected chi connectivity index (χ2v) is 5.81. The Morgan fingerprint density at radius 1 is 1.25 bits per heavy atom. The lowest BCUT2D eigenvalue weighted by atomic mass is 10.1. The number of nitrogens with one attached hydrogen (secondary N) is 1. The standard InChI is InChI=1S/C15H18F2N2S/c1-3-13-9-19-15(20-13)10(2)18-8-11-4-6-12(7-5-11)14(16)17/h4-7,9-10,14,18H,3,8H2,1-2H3. The topological polar surface area (TPSA) is 24.9 Å². The van der Waals surface area contributed by atoms with Crippen molar-refractivity contribution in [3.8, 4) is 0 Å². The minimum Gasteiger partial charge on any atom is -0.304 e. The number of rotatable bonds is 6. The van der Waals surface area contributed by atoms with Crippen molar-refractivity contribution in [2.45, 2.75) is 39.3 Å². The number of thiazole rings is 1. The summed E-state index contributed by atoms with van der Waals surface area (Å²) in [5, 5.41) is 4.42. The molecule has 0 bridgehead atoms. The maximum absolute atomic E-state index is 12.4. The molecule has 5 heteroatoms. The predicted octanol–water partition coefficient (Wildman–Crippen LogP) is 4.49. The first kappa shape index (κ1) is 15.1. The molecule has 0 aliphatic rings. The molecule has 0 saturated heterocycles. The second-order valence-electron chi connectivity index (χ2n) is 4.66. The minimum absolute atomic E-state index is 0.0642. The van der Waals surface area contributed by atoms with E-state index in [-0.39, 0.29) is 11.6 Å². The van der Waals surface area contributed by atoms with Crippen LogP contribution < -0.4 is 5.32 Å². The summed E-state index contributed by atoms with van der Waals surface area (Å²) in [6.45, 7) is 4.82. The van der Waals surface area contributed by atoms with Crippen LogP contribution in [0.1, 0.15) is 47.3 Å². The van der Waals surface area contributed by atoms with Crippen molar-refractivity contribution >= 4 is 11.3 Å². The lowest BCUT2D eigenvalue weighted by molar-refractivity contribution is 0.151.